The van der Waals surface area contributed by atoms with Gasteiger partial charge in [-0.05, 0) is 116 Å². The largest absolute Gasteiger partial charge is 0.258 e. The van der Waals surface area contributed by atoms with Gasteiger partial charge in [-0.3, -0.25) is 9.34 Å². The first-order valence-electron chi connectivity index (χ1n) is 15.2. The molecule has 1 aliphatic rings. The van der Waals surface area contributed by atoms with E-state index in [0.717, 1.165) is 13.1 Å². The highest BCUT2D eigenvalue weighted by Gasteiger charge is 2.66. The normalized spacial score (nSPS) is 17.3. The lowest BCUT2D eigenvalue weighted by atomic mass is 10.1. The molecule has 1 saturated heterocycles. The molecule has 7 heteroatoms. The van der Waals surface area contributed by atoms with Crippen LogP contribution in [-0.4, -0.2) is 79.4 Å². The standard InChI is InChI=1S/C32H60N5P2/c1-24(2)34-21-22-35(25(3)4)39(34,30-19-17-16-18-20-30)31(23-33-32(13,14)15)38(36(26(5)6)27(7)8)37(28(9)10)29(11)12/h16-20,24-29H,21-22H2,1-15H3/q+1. The van der Waals surface area contributed by atoms with Crippen LogP contribution in [0.4, 0.5) is 0 Å². The summed E-state index contributed by atoms with van der Waals surface area (Å²) in [6.07, 6.45) is 0. The van der Waals surface area contributed by atoms with E-state index >= 15 is 0 Å². The molecule has 1 aromatic carbocycles. The average Bonchev–Trinajstić information content (AvgIpc) is 3.20. The Morgan fingerprint density at radius 1 is 0.744 bits per heavy atom. The van der Waals surface area contributed by atoms with Gasteiger partial charge in [-0.2, -0.15) is 0 Å². The molecule has 0 atom stereocenters. The molecule has 0 unspecified atom stereocenters. The van der Waals surface area contributed by atoms with Crippen molar-refractivity contribution in [3.63, 3.8) is 0 Å². The van der Waals surface area contributed by atoms with Crippen LogP contribution in [0.25, 0.3) is 0 Å². The van der Waals surface area contributed by atoms with Crippen LogP contribution in [0.15, 0.2) is 40.4 Å². The summed E-state index contributed by atoms with van der Waals surface area (Å²) in [6, 6.07) is 13.8. The maximum absolute atomic E-state index is 5.23. The SMILES string of the molecule is CC(C)N(C(C)C)P(C(=C=NC(C)(C)C)[P+]1(c2ccccc2)N(C(C)C)CCN1C(C)C)N(C(C)C)C(C)C. The van der Waals surface area contributed by atoms with Gasteiger partial charge in [-0.15, -0.1) is 9.34 Å². The number of rotatable bonds is 11. The molecule has 0 amide bonds. The van der Waals surface area contributed by atoms with E-state index in [2.05, 4.69) is 159 Å². The molecule has 2 rings (SSSR count). The Morgan fingerprint density at radius 2 is 1.13 bits per heavy atom. The van der Waals surface area contributed by atoms with Gasteiger partial charge in [0.1, 0.15) is 13.5 Å². The Hall–Kier alpha value is -0.630. The van der Waals surface area contributed by atoms with E-state index in [1.54, 1.807) is 0 Å². The van der Waals surface area contributed by atoms with E-state index in [4.69, 9.17) is 4.99 Å². The number of hydrogen-bond acceptors (Lipinski definition) is 5. The van der Waals surface area contributed by atoms with Gasteiger partial charge in [0.2, 0.25) is 12.6 Å². The lowest BCUT2D eigenvalue weighted by Gasteiger charge is -2.50. The molecular formula is C32H60N5P2+. The average molecular weight is 577 g/mol. The fourth-order valence-electron chi connectivity index (χ4n) is 5.99. The zero-order valence-electron chi connectivity index (χ0n) is 27.9. The number of hydrogen-bond donors (Lipinski definition) is 0. The van der Waals surface area contributed by atoms with Crippen molar-refractivity contribution in [3.8, 4) is 0 Å². The third-order valence-electron chi connectivity index (χ3n) is 7.14. The first-order chi connectivity index (χ1) is 18.0. The molecule has 222 valence electrons. The van der Waals surface area contributed by atoms with Gasteiger partial charge < -0.3 is 0 Å². The minimum Gasteiger partial charge on any atom is -0.258 e. The summed E-state index contributed by atoms with van der Waals surface area (Å²) in [5.74, 6) is 3.94. The van der Waals surface area contributed by atoms with Crippen molar-refractivity contribution in [3.05, 3.63) is 35.4 Å². The van der Waals surface area contributed by atoms with E-state index < -0.39 is 15.8 Å². The number of nitrogens with zero attached hydrogens (tertiary/aromatic N) is 5. The minimum atomic E-state index is -2.23. The van der Waals surface area contributed by atoms with Crippen LogP contribution in [0.2, 0.25) is 0 Å². The van der Waals surface area contributed by atoms with Gasteiger partial charge in [-0.1, -0.05) is 18.2 Å². The van der Waals surface area contributed by atoms with Crippen LogP contribution in [0.5, 0.6) is 0 Å². The maximum Gasteiger partial charge on any atom is 0.232 e. The highest BCUT2D eigenvalue weighted by atomic mass is 31.2. The smallest absolute Gasteiger partial charge is 0.232 e. The second-order valence-electron chi connectivity index (χ2n) is 13.6. The Balaban J connectivity index is 3.25. The zero-order valence-corrected chi connectivity index (χ0v) is 29.7. The van der Waals surface area contributed by atoms with E-state index in [1.807, 2.05) is 0 Å². The number of benzene rings is 1. The molecule has 0 aromatic heterocycles. The van der Waals surface area contributed by atoms with Crippen molar-refractivity contribution in [2.45, 2.75) is 146 Å². The van der Waals surface area contributed by atoms with Crippen molar-refractivity contribution in [1.29, 1.82) is 0 Å². The predicted molar refractivity (Wildman–Crippen MR) is 179 cm³/mol. The summed E-state index contributed by atoms with van der Waals surface area (Å²) in [4.78, 5) is 5.23. The predicted octanol–water partition coefficient (Wildman–Crippen LogP) is 8.45. The third kappa shape index (κ3) is 7.61. The lowest BCUT2D eigenvalue weighted by molar-refractivity contribution is 0.260. The van der Waals surface area contributed by atoms with E-state index in [-0.39, 0.29) is 5.54 Å². The van der Waals surface area contributed by atoms with Gasteiger partial charge >= 0.3 is 0 Å². The summed E-state index contributed by atoms with van der Waals surface area (Å²) >= 11 is 0. The topological polar surface area (TPSA) is 25.3 Å². The molecule has 0 saturated carbocycles. The summed E-state index contributed by atoms with van der Waals surface area (Å²) in [6.45, 7) is 37.2. The molecule has 1 aromatic rings. The van der Waals surface area contributed by atoms with E-state index in [9.17, 15) is 0 Å². The molecule has 1 heterocycles. The molecule has 5 nitrogen and oxygen atoms in total. The molecular weight excluding hydrogens is 516 g/mol. The number of aliphatic imine (C=N–C) groups is 1. The zero-order chi connectivity index (χ0) is 29.9. The molecule has 1 fully saturated rings. The van der Waals surface area contributed by atoms with Gasteiger partial charge in [0.15, 0.2) is 0 Å². The second kappa shape index (κ2) is 14.0. The summed E-state index contributed by atoms with van der Waals surface area (Å²) < 4.78 is 11.3. The summed E-state index contributed by atoms with van der Waals surface area (Å²) in [5.41, 5.74) is -0.209. The molecule has 1 aliphatic heterocycles. The Bertz CT molecular complexity index is 907. The Labute approximate surface area is 244 Å². The van der Waals surface area contributed by atoms with Crippen molar-refractivity contribution in [2.24, 2.45) is 4.99 Å². The van der Waals surface area contributed by atoms with Crippen LogP contribution in [-0.2, 0) is 0 Å². The van der Waals surface area contributed by atoms with Crippen molar-refractivity contribution in [1.82, 2.24) is 18.7 Å². The maximum atomic E-state index is 5.23. The molecule has 0 spiro atoms. The van der Waals surface area contributed by atoms with Crippen LogP contribution in [0, 0.1) is 0 Å². The molecule has 0 bridgehead atoms. The first kappa shape index (κ1) is 34.6. The van der Waals surface area contributed by atoms with Gasteiger partial charge in [-0.25, -0.2) is 4.99 Å². The third-order valence-corrected chi connectivity index (χ3v) is 16.2. The van der Waals surface area contributed by atoms with Gasteiger partial charge in [0, 0.05) is 42.1 Å². The van der Waals surface area contributed by atoms with Crippen molar-refractivity contribution >= 4 is 27.0 Å². The van der Waals surface area contributed by atoms with Crippen LogP contribution in [0.1, 0.15) is 104 Å². The van der Waals surface area contributed by atoms with Crippen LogP contribution >= 0.6 is 15.8 Å². The quantitative estimate of drug-likeness (QED) is 0.195. The Morgan fingerprint density at radius 3 is 1.44 bits per heavy atom. The van der Waals surface area contributed by atoms with Gasteiger partial charge in [0.05, 0.1) is 18.6 Å². The molecule has 0 radical (unpaired) electrons. The first-order valence-corrected chi connectivity index (χ1v) is 18.1. The van der Waals surface area contributed by atoms with Crippen molar-refractivity contribution in [2.75, 3.05) is 13.1 Å². The van der Waals surface area contributed by atoms with Crippen molar-refractivity contribution < 1.29 is 0 Å². The second-order valence-corrected chi connectivity index (χ2v) is 19.1. The summed E-state index contributed by atoms with van der Waals surface area (Å²) in [7, 11) is -3.13. The summed E-state index contributed by atoms with van der Waals surface area (Å²) in [5, 5.41) is 2.85. The fraction of sp³-hybridized carbons (Fsp3) is 0.750. The highest BCUT2D eigenvalue weighted by Crippen LogP contribution is 2.81. The fourth-order valence-corrected chi connectivity index (χ4v) is 15.7. The molecule has 0 aliphatic carbocycles. The lowest BCUT2D eigenvalue weighted by Crippen LogP contribution is -2.46. The molecule has 39 heavy (non-hydrogen) atoms. The van der Waals surface area contributed by atoms with E-state index in [0.29, 0.717) is 36.3 Å². The van der Waals surface area contributed by atoms with Gasteiger partial charge in [0.25, 0.3) is 0 Å². The Kier molecular flexibility index (Phi) is 12.4. The van der Waals surface area contributed by atoms with Crippen LogP contribution in [0.3, 0.4) is 0 Å². The molecule has 0 N–H and O–H groups in total. The monoisotopic (exact) mass is 576 g/mol. The minimum absolute atomic E-state index is 0.209. The van der Waals surface area contributed by atoms with Crippen LogP contribution < -0.4 is 5.30 Å². The van der Waals surface area contributed by atoms with E-state index in [1.165, 1.54) is 10.4 Å². The highest BCUT2D eigenvalue weighted by molar-refractivity contribution is 7.93.